The van der Waals surface area contributed by atoms with Crippen LogP contribution in [0.4, 0.5) is 9.59 Å². The van der Waals surface area contributed by atoms with E-state index in [1.807, 2.05) is 60.7 Å². The standard InChI is InChI=1S/C25H31N3O5/c1-25(2,3)33-24(31)28-21(16-22(29)27(28)4)20(15-18-11-7-5-8-12-18)26-23(30)32-17-19-13-9-6-10-14-19/h5-14,20-21H,15-17H2,1-4H3,(H,26,30)/t20-,21+/m0/s1. The van der Waals surface area contributed by atoms with Gasteiger partial charge in [0, 0.05) is 7.05 Å². The molecule has 33 heavy (non-hydrogen) atoms. The summed E-state index contributed by atoms with van der Waals surface area (Å²) in [6.45, 7) is 5.40. The van der Waals surface area contributed by atoms with Gasteiger partial charge in [-0.15, -0.1) is 0 Å². The first kappa shape index (κ1) is 24.1. The zero-order valence-electron chi connectivity index (χ0n) is 19.5. The summed E-state index contributed by atoms with van der Waals surface area (Å²) in [6, 6.07) is 17.7. The molecule has 1 saturated heterocycles. The van der Waals surface area contributed by atoms with Gasteiger partial charge in [0.05, 0.1) is 18.5 Å². The molecule has 8 nitrogen and oxygen atoms in total. The third-order valence-electron chi connectivity index (χ3n) is 5.24. The van der Waals surface area contributed by atoms with Gasteiger partial charge in [-0.25, -0.2) is 14.6 Å². The zero-order valence-corrected chi connectivity index (χ0v) is 19.5. The molecule has 2 aromatic carbocycles. The molecule has 0 bridgehead atoms. The van der Waals surface area contributed by atoms with Crippen LogP contribution in [0.25, 0.3) is 0 Å². The van der Waals surface area contributed by atoms with E-state index in [1.54, 1.807) is 20.8 Å². The summed E-state index contributed by atoms with van der Waals surface area (Å²) < 4.78 is 10.9. The van der Waals surface area contributed by atoms with Crippen molar-refractivity contribution in [3.8, 4) is 0 Å². The van der Waals surface area contributed by atoms with Gasteiger partial charge in [-0.2, -0.15) is 0 Å². The Balaban J connectivity index is 1.80. The molecule has 8 heteroatoms. The fourth-order valence-electron chi connectivity index (χ4n) is 3.69. The molecule has 3 amide bonds. The number of amides is 3. The third kappa shape index (κ3) is 6.71. The molecule has 1 N–H and O–H groups in total. The van der Waals surface area contributed by atoms with E-state index in [0.717, 1.165) is 11.1 Å². The number of hydrogen-bond donors (Lipinski definition) is 1. The number of carbonyl (C=O) groups excluding carboxylic acids is 3. The van der Waals surface area contributed by atoms with Gasteiger partial charge in [0.1, 0.15) is 12.2 Å². The summed E-state index contributed by atoms with van der Waals surface area (Å²) in [5.74, 6) is -0.233. The highest BCUT2D eigenvalue weighted by Crippen LogP contribution is 2.26. The van der Waals surface area contributed by atoms with Gasteiger partial charge in [-0.3, -0.25) is 9.80 Å². The molecule has 1 aliphatic heterocycles. The summed E-state index contributed by atoms with van der Waals surface area (Å²) in [5, 5.41) is 5.42. The summed E-state index contributed by atoms with van der Waals surface area (Å²) in [4.78, 5) is 38.2. The van der Waals surface area contributed by atoms with Crippen LogP contribution < -0.4 is 5.32 Å². The Morgan fingerprint density at radius 2 is 1.61 bits per heavy atom. The van der Waals surface area contributed by atoms with E-state index < -0.39 is 29.9 Å². The minimum absolute atomic E-state index is 0.0617. The van der Waals surface area contributed by atoms with Crippen molar-refractivity contribution in [2.24, 2.45) is 0 Å². The van der Waals surface area contributed by atoms with E-state index in [4.69, 9.17) is 9.47 Å². The Labute approximate surface area is 194 Å². The maximum atomic E-state index is 12.9. The number of hydrogen-bond acceptors (Lipinski definition) is 5. The van der Waals surface area contributed by atoms with Crippen molar-refractivity contribution in [3.05, 3.63) is 71.8 Å². The molecule has 2 atom stereocenters. The molecule has 0 aromatic heterocycles. The molecule has 176 valence electrons. The number of ether oxygens (including phenoxy) is 2. The van der Waals surface area contributed by atoms with Crippen LogP contribution in [0, 0.1) is 0 Å². The second-order valence-corrected chi connectivity index (χ2v) is 9.02. The van der Waals surface area contributed by atoms with Crippen molar-refractivity contribution in [2.75, 3.05) is 7.05 Å². The molecule has 0 aliphatic carbocycles. The second-order valence-electron chi connectivity index (χ2n) is 9.02. The number of alkyl carbamates (subject to hydrolysis) is 1. The van der Waals surface area contributed by atoms with E-state index in [2.05, 4.69) is 5.32 Å². The van der Waals surface area contributed by atoms with Crippen LogP contribution in [0.1, 0.15) is 38.3 Å². The summed E-state index contributed by atoms with van der Waals surface area (Å²) in [5.41, 5.74) is 1.08. The number of nitrogens with zero attached hydrogens (tertiary/aromatic N) is 2. The highest BCUT2D eigenvalue weighted by molar-refractivity contribution is 5.84. The Kier molecular flexibility index (Phi) is 7.58. The Bertz CT molecular complexity index is 959. The van der Waals surface area contributed by atoms with Crippen LogP contribution in [0.5, 0.6) is 0 Å². The lowest BCUT2D eigenvalue weighted by atomic mass is 9.97. The lowest BCUT2D eigenvalue weighted by molar-refractivity contribution is -0.135. The molecule has 0 spiro atoms. The van der Waals surface area contributed by atoms with E-state index in [1.165, 1.54) is 17.1 Å². The van der Waals surface area contributed by atoms with Gasteiger partial charge < -0.3 is 14.8 Å². The maximum absolute atomic E-state index is 12.9. The number of hydrazine groups is 1. The molecule has 1 fully saturated rings. The SMILES string of the molecule is CN1C(=O)C[C@H]([C@H](Cc2ccccc2)NC(=O)OCc2ccccc2)N1C(=O)OC(C)(C)C. The fourth-order valence-corrected chi connectivity index (χ4v) is 3.69. The van der Waals surface area contributed by atoms with E-state index in [9.17, 15) is 14.4 Å². The minimum atomic E-state index is -0.731. The zero-order chi connectivity index (χ0) is 24.0. The number of nitrogens with one attached hydrogen (secondary N) is 1. The van der Waals surface area contributed by atoms with Crippen LogP contribution in [0.15, 0.2) is 60.7 Å². The highest BCUT2D eigenvalue weighted by Gasteiger charge is 2.45. The second kappa shape index (κ2) is 10.4. The van der Waals surface area contributed by atoms with Crippen LogP contribution in [-0.4, -0.2) is 52.8 Å². The van der Waals surface area contributed by atoms with Gasteiger partial charge in [0.15, 0.2) is 0 Å². The quantitative estimate of drug-likeness (QED) is 0.717. The largest absolute Gasteiger partial charge is 0.445 e. The predicted molar refractivity (Wildman–Crippen MR) is 123 cm³/mol. The first-order chi connectivity index (χ1) is 15.6. The molecular formula is C25H31N3O5. The smallest absolute Gasteiger partial charge is 0.429 e. The summed E-state index contributed by atoms with van der Waals surface area (Å²) >= 11 is 0. The summed E-state index contributed by atoms with van der Waals surface area (Å²) in [7, 11) is 1.53. The average Bonchev–Trinajstić information content (AvgIpc) is 3.06. The molecular weight excluding hydrogens is 422 g/mol. The van der Waals surface area contributed by atoms with Gasteiger partial charge in [-0.1, -0.05) is 60.7 Å². The summed E-state index contributed by atoms with van der Waals surface area (Å²) in [6.07, 6.45) is -0.789. The van der Waals surface area contributed by atoms with Crippen LogP contribution in [0.3, 0.4) is 0 Å². The molecule has 2 aromatic rings. The maximum Gasteiger partial charge on any atom is 0.429 e. The molecule has 0 unspecified atom stereocenters. The fraction of sp³-hybridized carbons (Fsp3) is 0.400. The van der Waals surface area contributed by atoms with Crippen LogP contribution in [-0.2, 0) is 27.3 Å². The Morgan fingerprint density at radius 1 is 1.03 bits per heavy atom. The van der Waals surface area contributed by atoms with Gasteiger partial charge in [0.2, 0.25) is 5.91 Å². The molecule has 0 radical (unpaired) electrons. The van der Waals surface area contributed by atoms with Crippen LogP contribution in [0.2, 0.25) is 0 Å². The Hall–Kier alpha value is -3.55. The average molecular weight is 454 g/mol. The number of carbonyl (C=O) groups is 3. The van der Waals surface area contributed by atoms with E-state index in [-0.39, 0.29) is 18.9 Å². The predicted octanol–water partition coefficient (Wildman–Crippen LogP) is 3.91. The lowest BCUT2D eigenvalue weighted by Crippen LogP contribution is -2.55. The molecule has 0 saturated carbocycles. The van der Waals surface area contributed by atoms with Gasteiger partial charge >= 0.3 is 12.2 Å². The monoisotopic (exact) mass is 453 g/mol. The third-order valence-corrected chi connectivity index (χ3v) is 5.24. The first-order valence-corrected chi connectivity index (χ1v) is 10.9. The first-order valence-electron chi connectivity index (χ1n) is 10.9. The van der Waals surface area contributed by atoms with Crippen molar-refractivity contribution in [3.63, 3.8) is 0 Å². The van der Waals surface area contributed by atoms with E-state index in [0.29, 0.717) is 6.42 Å². The highest BCUT2D eigenvalue weighted by atomic mass is 16.6. The normalized spacial score (nSPS) is 17.0. The van der Waals surface area contributed by atoms with Crippen molar-refractivity contribution in [1.29, 1.82) is 0 Å². The van der Waals surface area contributed by atoms with Gasteiger partial charge in [-0.05, 0) is 38.3 Å². The molecule has 1 heterocycles. The minimum Gasteiger partial charge on any atom is -0.445 e. The van der Waals surface area contributed by atoms with E-state index >= 15 is 0 Å². The molecule has 1 aliphatic rings. The number of benzene rings is 2. The molecule has 3 rings (SSSR count). The van der Waals surface area contributed by atoms with Crippen molar-refractivity contribution in [1.82, 2.24) is 15.3 Å². The number of rotatable bonds is 6. The topological polar surface area (TPSA) is 88.2 Å². The lowest BCUT2D eigenvalue weighted by Gasteiger charge is -2.35. The van der Waals surface area contributed by atoms with Crippen LogP contribution >= 0.6 is 0 Å². The van der Waals surface area contributed by atoms with Gasteiger partial charge in [0.25, 0.3) is 0 Å². The van der Waals surface area contributed by atoms with Crippen molar-refractivity contribution in [2.45, 2.75) is 57.9 Å². The Morgan fingerprint density at radius 3 is 2.18 bits per heavy atom. The van der Waals surface area contributed by atoms with Crippen molar-refractivity contribution >= 4 is 18.1 Å². The van der Waals surface area contributed by atoms with Crippen molar-refractivity contribution < 1.29 is 23.9 Å².